The van der Waals surface area contributed by atoms with Crippen LogP contribution in [0.3, 0.4) is 0 Å². The fraction of sp³-hybridized carbons (Fsp3) is 0.588. The molecular weight excluding hydrogens is 332 g/mol. The van der Waals surface area contributed by atoms with Crippen molar-refractivity contribution in [3.63, 3.8) is 0 Å². The van der Waals surface area contributed by atoms with E-state index in [4.69, 9.17) is 0 Å². The summed E-state index contributed by atoms with van der Waals surface area (Å²) in [7, 11) is 3.72. The van der Waals surface area contributed by atoms with E-state index < -0.39 is 0 Å². The Morgan fingerprint density at radius 2 is 1.81 bits per heavy atom. The van der Waals surface area contributed by atoms with Crippen molar-refractivity contribution in [3.05, 3.63) is 29.0 Å². The van der Waals surface area contributed by atoms with Crippen LogP contribution in [0.15, 0.2) is 17.4 Å². The molecule has 9 heteroatoms. The van der Waals surface area contributed by atoms with Crippen molar-refractivity contribution in [2.45, 2.75) is 37.6 Å². The summed E-state index contributed by atoms with van der Waals surface area (Å²) in [6, 6.07) is 0.361. The molecule has 5 rings (SSSR count). The first kappa shape index (κ1) is 15.5. The van der Waals surface area contributed by atoms with Gasteiger partial charge in [0, 0.05) is 39.1 Å². The monoisotopic (exact) mass is 354 g/mol. The summed E-state index contributed by atoms with van der Waals surface area (Å²) in [4.78, 5) is 27.8. The van der Waals surface area contributed by atoms with Gasteiger partial charge in [0.15, 0.2) is 11.5 Å². The molecule has 1 aliphatic carbocycles. The van der Waals surface area contributed by atoms with Crippen molar-refractivity contribution in [3.8, 4) is 0 Å². The Labute approximate surface area is 150 Å². The summed E-state index contributed by atoms with van der Waals surface area (Å²) in [5.41, 5.74) is 1.72. The van der Waals surface area contributed by atoms with Crippen LogP contribution in [-0.4, -0.2) is 47.0 Å². The number of piperidine rings is 1. The van der Waals surface area contributed by atoms with Gasteiger partial charge in [-0.15, -0.1) is 0 Å². The third kappa shape index (κ3) is 2.33. The number of imidazole rings is 1. The SMILES string of the molecule is Cn1nc(C2CCN(c3ncnc4ncn(C)c34)CC2)n(C2CC2)c1=O. The predicted octanol–water partition coefficient (Wildman–Crippen LogP) is 0.977. The molecule has 2 fully saturated rings. The molecule has 0 N–H and O–H groups in total. The summed E-state index contributed by atoms with van der Waals surface area (Å²) >= 11 is 0. The highest BCUT2D eigenvalue weighted by molar-refractivity contribution is 5.83. The number of aryl methyl sites for hydroxylation is 2. The van der Waals surface area contributed by atoms with Gasteiger partial charge in [-0.05, 0) is 25.7 Å². The zero-order chi connectivity index (χ0) is 17.8. The molecule has 1 saturated carbocycles. The highest BCUT2D eigenvalue weighted by atomic mass is 16.2. The van der Waals surface area contributed by atoms with Crippen LogP contribution in [0, 0.1) is 0 Å². The molecule has 0 spiro atoms. The minimum Gasteiger partial charge on any atom is -0.355 e. The molecule has 3 aromatic heterocycles. The van der Waals surface area contributed by atoms with E-state index in [0.29, 0.717) is 12.0 Å². The van der Waals surface area contributed by atoms with Crippen molar-refractivity contribution >= 4 is 17.0 Å². The van der Waals surface area contributed by atoms with Gasteiger partial charge in [-0.25, -0.2) is 24.4 Å². The maximum absolute atomic E-state index is 12.4. The standard InChI is InChI=1S/C17H22N8O/c1-22-10-20-14-13(22)16(19-9-18-14)24-7-5-11(6-8-24)15-21-23(2)17(26)25(15)12-3-4-12/h9-12H,3-8H2,1-2H3. The fourth-order valence-electron chi connectivity index (χ4n) is 4.00. The van der Waals surface area contributed by atoms with Crippen LogP contribution < -0.4 is 10.6 Å². The summed E-state index contributed by atoms with van der Waals surface area (Å²) in [5.74, 6) is 2.23. The molecule has 26 heavy (non-hydrogen) atoms. The van der Waals surface area contributed by atoms with Gasteiger partial charge in [-0.2, -0.15) is 5.10 Å². The molecule has 0 unspecified atom stereocenters. The van der Waals surface area contributed by atoms with E-state index in [2.05, 4.69) is 25.0 Å². The fourth-order valence-corrected chi connectivity index (χ4v) is 4.00. The first-order valence-electron chi connectivity index (χ1n) is 9.16. The number of nitrogens with zero attached hydrogens (tertiary/aromatic N) is 8. The van der Waals surface area contributed by atoms with E-state index in [-0.39, 0.29) is 5.69 Å². The lowest BCUT2D eigenvalue weighted by atomic mass is 9.96. The summed E-state index contributed by atoms with van der Waals surface area (Å²) in [6.07, 6.45) is 7.48. The Morgan fingerprint density at radius 1 is 1.04 bits per heavy atom. The van der Waals surface area contributed by atoms with Crippen LogP contribution in [0.5, 0.6) is 0 Å². The Hall–Kier alpha value is -2.71. The molecule has 4 heterocycles. The minimum atomic E-state index is 0.0253. The molecule has 1 saturated heterocycles. The van der Waals surface area contributed by atoms with E-state index in [9.17, 15) is 4.79 Å². The minimum absolute atomic E-state index is 0.0253. The van der Waals surface area contributed by atoms with E-state index in [0.717, 1.165) is 61.6 Å². The second-order valence-electron chi connectivity index (χ2n) is 7.35. The van der Waals surface area contributed by atoms with Crippen molar-refractivity contribution in [1.29, 1.82) is 0 Å². The van der Waals surface area contributed by atoms with Crippen LogP contribution in [0.2, 0.25) is 0 Å². The highest BCUT2D eigenvalue weighted by Gasteiger charge is 2.34. The molecule has 0 amide bonds. The lowest BCUT2D eigenvalue weighted by Gasteiger charge is -2.32. The Balaban J connectivity index is 1.41. The highest BCUT2D eigenvalue weighted by Crippen LogP contribution is 2.38. The maximum atomic E-state index is 12.4. The second-order valence-corrected chi connectivity index (χ2v) is 7.35. The van der Waals surface area contributed by atoms with Crippen molar-refractivity contribution in [2.24, 2.45) is 14.1 Å². The smallest absolute Gasteiger partial charge is 0.345 e. The van der Waals surface area contributed by atoms with Crippen LogP contribution >= 0.6 is 0 Å². The van der Waals surface area contributed by atoms with Crippen LogP contribution in [0.4, 0.5) is 5.82 Å². The Kier molecular flexibility index (Phi) is 3.38. The van der Waals surface area contributed by atoms with E-state index >= 15 is 0 Å². The predicted molar refractivity (Wildman–Crippen MR) is 96.2 cm³/mol. The zero-order valence-electron chi connectivity index (χ0n) is 15.0. The van der Waals surface area contributed by atoms with Crippen molar-refractivity contribution in [1.82, 2.24) is 33.9 Å². The molecule has 0 radical (unpaired) electrons. The van der Waals surface area contributed by atoms with E-state index in [1.165, 1.54) is 4.68 Å². The van der Waals surface area contributed by atoms with E-state index in [1.807, 2.05) is 16.2 Å². The van der Waals surface area contributed by atoms with Crippen LogP contribution in [-0.2, 0) is 14.1 Å². The molecule has 0 aromatic carbocycles. The van der Waals surface area contributed by atoms with E-state index in [1.54, 1.807) is 19.7 Å². The lowest BCUT2D eigenvalue weighted by molar-refractivity contribution is 0.461. The largest absolute Gasteiger partial charge is 0.355 e. The van der Waals surface area contributed by atoms with Crippen molar-refractivity contribution in [2.75, 3.05) is 18.0 Å². The number of hydrogen-bond donors (Lipinski definition) is 0. The molecule has 0 atom stereocenters. The third-order valence-electron chi connectivity index (χ3n) is 5.54. The third-order valence-corrected chi connectivity index (χ3v) is 5.54. The first-order valence-corrected chi connectivity index (χ1v) is 9.16. The van der Waals surface area contributed by atoms with Gasteiger partial charge >= 0.3 is 5.69 Å². The van der Waals surface area contributed by atoms with Crippen LogP contribution in [0.1, 0.15) is 43.5 Å². The quantitative estimate of drug-likeness (QED) is 0.697. The summed E-state index contributed by atoms with van der Waals surface area (Å²) in [6.45, 7) is 1.77. The molecule has 1 aliphatic heterocycles. The van der Waals surface area contributed by atoms with Gasteiger partial charge in [0.2, 0.25) is 0 Å². The zero-order valence-corrected chi connectivity index (χ0v) is 15.0. The topological polar surface area (TPSA) is 86.7 Å². The van der Waals surface area contributed by atoms with Gasteiger partial charge < -0.3 is 9.47 Å². The number of rotatable bonds is 3. The summed E-state index contributed by atoms with van der Waals surface area (Å²) in [5, 5.41) is 4.56. The molecule has 136 valence electrons. The molecule has 9 nitrogen and oxygen atoms in total. The van der Waals surface area contributed by atoms with Gasteiger partial charge in [0.1, 0.15) is 17.7 Å². The van der Waals surface area contributed by atoms with Gasteiger partial charge in [0.25, 0.3) is 0 Å². The van der Waals surface area contributed by atoms with Crippen LogP contribution in [0.25, 0.3) is 11.2 Å². The number of hydrogen-bond acceptors (Lipinski definition) is 6. The normalized spacial score (nSPS) is 18.8. The first-order chi connectivity index (χ1) is 12.6. The van der Waals surface area contributed by atoms with Gasteiger partial charge in [-0.1, -0.05) is 0 Å². The summed E-state index contributed by atoms with van der Waals surface area (Å²) < 4.78 is 5.40. The van der Waals surface area contributed by atoms with Gasteiger partial charge in [-0.3, -0.25) is 4.57 Å². The molecule has 3 aromatic rings. The Bertz CT molecular complexity index is 1020. The Morgan fingerprint density at radius 3 is 2.54 bits per heavy atom. The number of fused-ring (bicyclic) bond motifs is 1. The number of anilines is 1. The lowest BCUT2D eigenvalue weighted by Crippen LogP contribution is -2.35. The van der Waals surface area contributed by atoms with Gasteiger partial charge in [0.05, 0.1) is 6.33 Å². The molecular formula is C17H22N8O. The maximum Gasteiger partial charge on any atom is 0.345 e. The van der Waals surface area contributed by atoms with Crippen molar-refractivity contribution < 1.29 is 0 Å². The molecule has 0 bridgehead atoms. The average Bonchev–Trinajstić information content (AvgIpc) is 3.36. The average molecular weight is 354 g/mol. The second kappa shape index (κ2) is 5.65. The molecule has 2 aliphatic rings. The number of aromatic nitrogens is 7.